The van der Waals surface area contributed by atoms with Crippen molar-refractivity contribution in [2.75, 3.05) is 7.11 Å². The average molecular weight is 250 g/mol. The highest BCUT2D eigenvalue weighted by Gasteiger charge is 2.18. The zero-order valence-corrected chi connectivity index (χ0v) is 9.75. The van der Waals surface area contributed by atoms with Gasteiger partial charge in [0.15, 0.2) is 0 Å². The van der Waals surface area contributed by atoms with Gasteiger partial charge in [0.1, 0.15) is 5.56 Å². The van der Waals surface area contributed by atoms with Gasteiger partial charge in [-0.1, -0.05) is 0 Å². The molecule has 1 aromatic carbocycles. The van der Waals surface area contributed by atoms with Gasteiger partial charge in [0.25, 0.3) is 11.2 Å². The second-order valence-electron chi connectivity index (χ2n) is 3.56. The molecule has 94 valence electrons. The number of hydrogen-bond donors (Lipinski definition) is 0. The van der Waals surface area contributed by atoms with Crippen LogP contribution >= 0.6 is 0 Å². The molecule has 2 aromatic rings. The van der Waals surface area contributed by atoms with Gasteiger partial charge in [-0.3, -0.25) is 14.9 Å². The fraction of sp³-hybridized carbons (Fsp3) is 0.182. The van der Waals surface area contributed by atoms with Crippen LogP contribution in [0.25, 0.3) is 11.1 Å². The monoisotopic (exact) mass is 250 g/mol. The molecule has 1 aromatic heterocycles. The van der Waals surface area contributed by atoms with Gasteiger partial charge in [0.05, 0.1) is 12.0 Å². The summed E-state index contributed by atoms with van der Waals surface area (Å²) in [5, 5.41) is 10.5. The molecule has 0 amide bonds. The zero-order valence-electron chi connectivity index (χ0n) is 9.75. The molecule has 0 saturated carbocycles. The quantitative estimate of drug-likeness (QED) is 0.609. The van der Waals surface area contributed by atoms with E-state index in [4.69, 9.17) is 9.26 Å². The third-order valence-corrected chi connectivity index (χ3v) is 2.48. The molecule has 0 saturated heterocycles. The predicted octanol–water partition coefficient (Wildman–Crippen LogP) is 1.56. The van der Waals surface area contributed by atoms with Crippen molar-refractivity contribution in [3.05, 3.63) is 44.7 Å². The third kappa shape index (κ3) is 1.86. The van der Waals surface area contributed by atoms with E-state index in [2.05, 4.69) is 0 Å². The fourth-order valence-corrected chi connectivity index (χ4v) is 1.59. The minimum absolute atomic E-state index is 0.0435. The summed E-state index contributed by atoms with van der Waals surface area (Å²) < 4.78 is 11.1. The lowest BCUT2D eigenvalue weighted by atomic mass is 10.1. The van der Waals surface area contributed by atoms with Crippen LogP contribution in [-0.2, 0) is 7.05 Å². The summed E-state index contributed by atoms with van der Waals surface area (Å²) >= 11 is 0. The van der Waals surface area contributed by atoms with E-state index in [0.29, 0.717) is 5.56 Å². The maximum Gasteiger partial charge on any atom is 0.320 e. The summed E-state index contributed by atoms with van der Waals surface area (Å²) in [5.41, 5.74) is 0.348. The number of nitro groups is 1. The van der Waals surface area contributed by atoms with Crippen molar-refractivity contribution in [2.45, 2.75) is 0 Å². The smallest absolute Gasteiger partial charge is 0.320 e. The lowest BCUT2D eigenvalue weighted by Crippen LogP contribution is -2.11. The van der Waals surface area contributed by atoms with Crippen molar-refractivity contribution in [3.8, 4) is 17.1 Å². The van der Waals surface area contributed by atoms with E-state index in [1.807, 2.05) is 0 Å². The molecule has 0 aliphatic rings. The van der Waals surface area contributed by atoms with Crippen LogP contribution in [0.5, 0.6) is 5.95 Å². The van der Waals surface area contributed by atoms with Crippen molar-refractivity contribution < 1.29 is 14.2 Å². The molecular weight excluding hydrogens is 240 g/mol. The topological polar surface area (TPSA) is 87.5 Å². The average Bonchev–Trinajstić information content (AvgIpc) is 2.65. The Morgan fingerprint density at radius 1 is 1.33 bits per heavy atom. The van der Waals surface area contributed by atoms with E-state index in [0.717, 1.165) is 4.74 Å². The molecule has 7 nitrogen and oxygen atoms in total. The first-order valence-electron chi connectivity index (χ1n) is 5.03. The largest absolute Gasteiger partial charge is 0.467 e. The van der Waals surface area contributed by atoms with E-state index < -0.39 is 4.92 Å². The Balaban J connectivity index is 2.55. The molecule has 2 rings (SSSR count). The van der Waals surface area contributed by atoms with E-state index in [-0.39, 0.29) is 22.8 Å². The van der Waals surface area contributed by atoms with Gasteiger partial charge < -0.3 is 9.26 Å². The number of nitrogens with zero attached hydrogens (tertiary/aromatic N) is 2. The van der Waals surface area contributed by atoms with Gasteiger partial charge in [-0.05, 0) is 17.7 Å². The molecule has 0 aliphatic heterocycles. The van der Waals surface area contributed by atoms with E-state index >= 15 is 0 Å². The summed E-state index contributed by atoms with van der Waals surface area (Å²) in [7, 11) is 2.84. The Bertz CT molecular complexity index is 638. The second kappa shape index (κ2) is 4.36. The van der Waals surface area contributed by atoms with Crippen LogP contribution in [0.4, 0.5) is 5.69 Å². The maximum absolute atomic E-state index is 11.8. The number of rotatable bonds is 3. The molecule has 0 aliphatic carbocycles. The number of ether oxygens (including phenoxy) is 1. The molecular formula is C11H10N2O5. The van der Waals surface area contributed by atoms with E-state index in [1.54, 1.807) is 0 Å². The van der Waals surface area contributed by atoms with E-state index in [1.165, 1.54) is 38.4 Å². The number of nitro benzene ring substituents is 1. The highest BCUT2D eigenvalue weighted by atomic mass is 16.6. The number of methoxy groups -OCH3 is 1. The van der Waals surface area contributed by atoms with Crippen LogP contribution in [0.3, 0.4) is 0 Å². The SMILES string of the molecule is COc1on(C)c(=O)c1-c1ccc([N+](=O)[O-])cc1. The van der Waals surface area contributed by atoms with Gasteiger partial charge >= 0.3 is 5.95 Å². The molecule has 7 heteroatoms. The van der Waals surface area contributed by atoms with Crippen molar-refractivity contribution in [1.82, 2.24) is 4.74 Å². The van der Waals surface area contributed by atoms with Crippen molar-refractivity contribution in [2.24, 2.45) is 7.05 Å². The van der Waals surface area contributed by atoms with Crippen molar-refractivity contribution >= 4 is 5.69 Å². The highest BCUT2D eigenvalue weighted by molar-refractivity contribution is 5.68. The Kier molecular flexibility index (Phi) is 2.88. The third-order valence-electron chi connectivity index (χ3n) is 2.48. The number of aromatic nitrogens is 1. The summed E-state index contributed by atoms with van der Waals surface area (Å²) in [6.07, 6.45) is 0. The zero-order chi connectivity index (χ0) is 13.3. The minimum atomic E-state index is -0.505. The predicted molar refractivity (Wildman–Crippen MR) is 62.6 cm³/mol. The molecule has 0 radical (unpaired) electrons. The van der Waals surface area contributed by atoms with Crippen LogP contribution in [0.2, 0.25) is 0 Å². The Hall–Kier alpha value is -2.57. The summed E-state index contributed by atoms with van der Waals surface area (Å²) in [4.78, 5) is 21.9. The summed E-state index contributed by atoms with van der Waals surface area (Å²) in [6, 6.07) is 5.60. The normalized spacial score (nSPS) is 10.3. The molecule has 0 unspecified atom stereocenters. The molecule has 18 heavy (non-hydrogen) atoms. The first-order chi connectivity index (χ1) is 8.54. The molecule has 0 fully saturated rings. The van der Waals surface area contributed by atoms with Gasteiger partial charge in [-0.15, -0.1) is 0 Å². The number of non-ortho nitro benzene ring substituents is 1. The van der Waals surface area contributed by atoms with Gasteiger partial charge in [-0.2, -0.15) is 4.74 Å². The minimum Gasteiger partial charge on any atom is -0.467 e. The van der Waals surface area contributed by atoms with Gasteiger partial charge in [-0.25, -0.2) is 0 Å². The summed E-state index contributed by atoms with van der Waals surface area (Å²) in [6.45, 7) is 0. The maximum atomic E-state index is 11.8. The Morgan fingerprint density at radius 2 is 1.94 bits per heavy atom. The first kappa shape index (κ1) is 11.9. The molecule has 0 N–H and O–H groups in total. The second-order valence-corrected chi connectivity index (χ2v) is 3.56. The molecule has 0 spiro atoms. The summed E-state index contributed by atoms with van der Waals surface area (Å²) in [5.74, 6) is 0.0800. The van der Waals surface area contributed by atoms with Gasteiger partial charge in [0.2, 0.25) is 0 Å². The highest BCUT2D eigenvalue weighted by Crippen LogP contribution is 2.28. The Morgan fingerprint density at radius 3 is 2.44 bits per heavy atom. The number of aryl methyl sites for hydroxylation is 1. The van der Waals surface area contributed by atoms with Gasteiger partial charge in [0, 0.05) is 19.2 Å². The fourth-order valence-electron chi connectivity index (χ4n) is 1.59. The van der Waals surface area contributed by atoms with Crippen LogP contribution in [0.15, 0.2) is 33.6 Å². The number of hydrogen-bond acceptors (Lipinski definition) is 5. The van der Waals surface area contributed by atoms with Crippen LogP contribution in [0.1, 0.15) is 0 Å². The van der Waals surface area contributed by atoms with Crippen LogP contribution < -0.4 is 10.3 Å². The molecule has 0 atom stereocenters. The van der Waals surface area contributed by atoms with Crippen molar-refractivity contribution in [1.29, 1.82) is 0 Å². The first-order valence-corrected chi connectivity index (χ1v) is 5.03. The molecule has 1 heterocycles. The molecule has 0 bridgehead atoms. The standard InChI is InChI=1S/C11H10N2O5/c1-12-10(14)9(11(17-2)18-12)7-3-5-8(6-4-7)13(15)16/h3-6H,1-2H3. The van der Waals surface area contributed by atoms with Crippen LogP contribution in [0, 0.1) is 10.1 Å². The lowest BCUT2D eigenvalue weighted by molar-refractivity contribution is -0.384. The van der Waals surface area contributed by atoms with E-state index in [9.17, 15) is 14.9 Å². The lowest BCUT2D eigenvalue weighted by Gasteiger charge is -1.98. The van der Waals surface area contributed by atoms with Crippen molar-refractivity contribution in [3.63, 3.8) is 0 Å². The number of benzene rings is 1. The van der Waals surface area contributed by atoms with Crippen LogP contribution in [-0.4, -0.2) is 16.8 Å². The Labute approximate surface area is 101 Å².